The van der Waals surface area contributed by atoms with Gasteiger partial charge in [-0.15, -0.1) is 0 Å². The fraction of sp³-hybridized carbons (Fsp3) is 0.345. The van der Waals surface area contributed by atoms with Crippen LogP contribution in [0.1, 0.15) is 38.5 Å². The molecular formula is C29H36ClN2OP. The number of benzene rings is 3. The van der Waals surface area contributed by atoms with Gasteiger partial charge in [0.05, 0.1) is 6.16 Å². The number of hydrogen-bond acceptors (Lipinski definition) is 2. The van der Waals surface area contributed by atoms with Gasteiger partial charge in [-0.1, -0.05) is 54.6 Å². The third kappa shape index (κ3) is 6.69. The standard InChI is InChI=1S/C29H35N2OP.ClH/c32-29(31-25-20-22-30-23-21-25)19-11-4-12-24-33(26-13-5-1-6-14-26,27-15-7-2-8-16-27)28-17-9-3-10-18-28;/h1-3,5-10,13-18,25,30H,4,11-12,19-24H2;1H. The Hall–Kier alpha value is -2.19. The number of amides is 1. The molecule has 3 aromatic rings. The minimum atomic E-state index is -1.75. The summed E-state index contributed by atoms with van der Waals surface area (Å²) in [6, 6.07) is 33.5. The Morgan fingerprint density at radius 3 is 1.68 bits per heavy atom. The lowest BCUT2D eigenvalue weighted by atomic mass is 10.1. The van der Waals surface area contributed by atoms with E-state index in [0.717, 1.165) is 51.4 Å². The van der Waals surface area contributed by atoms with Crippen molar-refractivity contribution in [2.75, 3.05) is 19.3 Å². The fourth-order valence-corrected chi connectivity index (χ4v) is 9.37. The molecule has 0 radical (unpaired) electrons. The molecule has 0 unspecified atom stereocenters. The second-order valence-electron chi connectivity index (χ2n) is 8.94. The van der Waals surface area contributed by atoms with E-state index in [1.807, 2.05) is 0 Å². The summed E-state index contributed by atoms with van der Waals surface area (Å²) in [6.07, 6.45) is 7.00. The fourth-order valence-electron chi connectivity index (χ4n) is 4.96. The van der Waals surface area contributed by atoms with Gasteiger partial charge in [0.15, 0.2) is 0 Å². The van der Waals surface area contributed by atoms with Crippen molar-refractivity contribution in [1.82, 2.24) is 10.6 Å². The third-order valence-electron chi connectivity index (χ3n) is 6.69. The minimum absolute atomic E-state index is 0. The van der Waals surface area contributed by atoms with Crippen LogP contribution in [-0.4, -0.2) is 31.2 Å². The summed E-state index contributed by atoms with van der Waals surface area (Å²) in [5.74, 6) is 0.220. The van der Waals surface area contributed by atoms with Crippen molar-refractivity contribution in [1.29, 1.82) is 0 Å². The molecule has 34 heavy (non-hydrogen) atoms. The summed E-state index contributed by atoms with van der Waals surface area (Å²) in [5, 5.41) is 10.9. The predicted molar refractivity (Wildman–Crippen MR) is 143 cm³/mol. The summed E-state index contributed by atoms with van der Waals surface area (Å²) in [7, 11) is -1.75. The smallest absolute Gasteiger partial charge is 0.220 e. The number of unbranched alkanes of at least 4 members (excludes halogenated alkanes) is 2. The normalized spacial score (nSPS) is 14.2. The van der Waals surface area contributed by atoms with E-state index in [4.69, 9.17) is 0 Å². The van der Waals surface area contributed by atoms with Crippen LogP contribution >= 0.6 is 7.26 Å². The molecule has 0 saturated carbocycles. The maximum atomic E-state index is 12.4. The molecule has 0 aromatic heterocycles. The molecule has 1 aliphatic rings. The third-order valence-corrected chi connectivity index (χ3v) is 11.2. The van der Waals surface area contributed by atoms with Crippen LogP contribution in [0.4, 0.5) is 0 Å². The Labute approximate surface area is 211 Å². The van der Waals surface area contributed by atoms with Crippen LogP contribution in [0, 0.1) is 0 Å². The SMILES string of the molecule is O=C(CCCCC[P+](c1ccccc1)(c1ccccc1)c1ccccc1)NC1CCNCC1.[Cl-]. The molecule has 180 valence electrons. The van der Waals surface area contributed by atoms with Gasteiger partial charge in [-0.25, -0.2) is 0 Å². The van der Waals surface area contributed by atoms with Crippen molar-refractivity contribution in [3.63, 3.8) is 0 Å². The van der Waals surface area contributed by atoms with Gasteiger partial charge < -0.3 is 23.0 Å². The van der Waals surface area contributed by atoms with E-state index >= 15 is 0 Å². The van der Waals surface area contributed by atoms with Crippen molar-refractivity contribution < 1.29 is 17.2 Å². The van der Waals surface area contributed by atoms with E-state index in [2.05, 4.69) is 102 Å². The summed E-state index contributed by atoms with van der Waals surface area (Å²) < 4.78 is 0. The summed E-state index contributed by atoms with van der Waals surface area (Å²) in [6.45, 7) is 2.02. The second-order valence-corrected chi connectivity index (χ2v) is 12.6. The van der Waals surface area contributed by atoms with Crippen molar-refractivity contribution >= 4 is 29.1 Å². The number of nitrogens with one attached hydrogen (secondary N) is 2. The lowest BCUT2D eigenvalue weighted by molar-refractivity contribution is -0.122. The maximum Gasteiger partial charge on any atom is 0.220 e. The molecule has 3 nitrogen and oxygen atoms in total. The van der Waals surface area contributed by atoms with Crippen LogP contribution in [0.5, 0.6) is 0 Å². The van der Waals surface area contributed by atoms with Crippen LogP contribution in [0.15, 0.2) is 91.0 Å². The van der Waals surface area contributed by atoms with Crippen LogP contribution in [0.3, 0.4) is 0 Å². The average Bonchev–Trinajstić information content (AvgIpc) is 2.88. The molecule has 4 rings (SSSR count). The van der Waals surface area contributed by atoms with E-state index in [1.54, 1.807) is 0 Å². The zero-order valence-electron chi connectivity index (χ0n) is 19.8. The Morgan fingerprint density at radius 2 is 1.21 bits per heavy atom. The summed E-state index contributed by atoms with van der Waals surface area (Å²) >= 11 is 0. The van der Waals surface area contributed by atoms with E-state index in [9.17, 15) is 4.79 Å². The lowest BCUT2D eigenvalue weighted by Crippen LogP contribution is -3.00. The number of halogens is 1. The molecular weight excluding hydrogens is 459 g/mol. The molecule has 1 fully saturated rings. The van der Waals surface area contributed by atoms with Crippen LogP contribution in [0.2, 0.25) is 0 Å². The van der Waals surface area contributed by atoms with Gasteiger partial charge in [-0.05, 0) is 81.6 Å². The molecule has 0 spiro atoms. The van der Waals surface area contributed by atoms with Crippen molar-refractivity contribution in [2.45, 2.75) is 44.6 Å². The van der Waals surface area contributed by atoms with Gasteiger partial charge in [0, 0.05) is 12.5 Å². The van der Waals surface area contributed by atoms with Gasteiger partial charge in [0.1, 0.15) is 23.2 Å². The number of rotatable bonds is 10. The van der Waals surface area contributed by atoms with Gasteiger partial charge in [0.25, 0.3) is 0 Å². The Balaban J connectivity index is 0.00000324. The van der Waals surface area contributed by atoms with Gasteiger partial charge in [0.2, 0.25) is 5.91 Å². The van der Waals surface area contributed by atoms with Crippen molar-refractivity contribution in [2.24, 2.45) is 0 Å². The first-order chi connectivity index (χ1) is 16.3. The predicted octanol–water partition coefficient (Wildman–Crippen LogP) is 1.41. The first-order valence-corrected chi connectivity index (χ1v) is 14.3. The van der Waals surface area contributed by atoms with Crippen LogP contribution < -0.4 is 39.0 Å². The average molecular weight is 495 g/mol. The lowest BCUT2D eigenvalue weighted by Gasteiger charge is -2.27. The molecule has 3 aromatic carbocycles. The van der Waals surface area contributed by atoms with Gasteiger partial charge in [-0.2, -0.15) is 0 Å². The zero-order chi connectivity index (χ0) is 22.8. The molecule has 1 amide bonds. The molecule has 0 atom stereocenters. The Bertz CT molecular complexity index is 882. The molecule has 0 bridgehead atoms. The summed E-state index contributed by atoms with van der Waals surface area (Å²) in [4.78, 5) is 12.4. The highest BCUT2D eigenvalue weighted by Crippen LogP contribution is 2.55. The molecule has 0 aliphatic carbocycles. The highest BCUT2D eigenvalue weighted by Gasteiger charge is 2.44. The topological polar surface area (TPSA) is 41.1 Å². The molecule has 5 heteroatoms. The monoisotopic (exact) mass is 494 g/mol. The highest BCUT2D eigenvalue weighted by atomic mass is 35.5. The zero-order valence-corrected chi connectivity index (χ0v) is 21.5. The number of carbonyl (C=O) groups excluding carboxylic acids is 1. The molecule has 2 N–H and O–H groups in total. The largest absolute Gasteiger partial charge is 1.00 e. The minimum Gasteiger partial charge on any atom is -1.00 e. The van der Waals surface area contributed by atoms with Crippen molar-refractivity contribution in [3.05, 3.63) is 91.0 Å². The number of piperidine rings is 1. The van der Waals surface area contributed by atoms with Crippen LogP contribution in [0.25, 0.3) is 0 Å². The molecule has 1 saturated heterocycles. The first-order valence-electron chi connectivity index (χ1n) is 12.3. The maximum absolute atomic E-state index is 12.4. The Morgan fingerprint density at radius 1 is 0.735 bits per heavy atom. The van der Waals surface area contributed by atoms with Gasteiger partial charge in [-0.3, -0.25) is 4.79 Å². The second kappa shape index (κ2) is 13.6. The van der Waals surface area contributed by atoms with Crippen LogP contribution in [-0.2, 0) is 4.79 Å². The van der Waals surface area contributed by atoms with E-state index < -0.39 is 7.26 Å². The Kier molecular flexibility index (Phi) is 10.6. The molecule has 1 aliphatic heterocycles. The highest BCUT2D eigenvalue weighted by molar-refractivity contribution is 7.95. The summed E-state index contributed by atoms with van der Waals surface area (Å²) in [5.41, 5.74) is 0. The number of hydrogen-bond donors (Lipinski definition) is 2. The molecule has 1 heterocycles. The van der Waals surface area contributed by atoms with E-state index in [0.29, 0.717) is 12.5 Å². The quantitative estimate of drug-likeness (QED) is 0.330. The van der Waals surface area contributed by atoms with Crippen molar-refractivity contribution in [3.8, 4) is 0 Å². The first kappa shape index (κ1) is 26.4. The van der Waals surface area contributed by atoms with E-state index in [1.165, 1.54) is 15.9 Å². The van der Waals surface area contributed by atoms with E-state index in [-0.39, 0.29) is 18.3 Å². The number of carbonyl (C=O) groups is 1. The van der Waals surface area contributed by atoms with Gasteiger partial charge >= 0.3 is 0 Å².